The predicted molar refractivity (Wildman–Crippen MR) is 86.3 cm³/mol. The number of guanidine groups is 1. The van der Waals surface area contributed by atoms with E-state index in [-0.39, 0.29) is 24.0 Å². The van der Waals surface area contributed by atoms with Gasteiger partial charge in [0.15, 0.2) is 5.96 Å². The zero-order valence-corrected chi connectivity index (χ0v) is 12.9. The van der Waals surface area contributed by atoms with Gasteiger partial charge in [-0.05, 0) is 30.5 Å². The van der Waals surface area contributed by atoms with E-state index < -0.39 is 0 Å². The van der Waals surface area contributed by atoms with Crippen molar-refractivity contribution in [2.24, 2.45) is 10.7 Å². The fourth-order valence-electron chi connectivity index (χ4n) is 1.37. The monoisotopic (exact) mass is 347 g/mol. The molecule has 0 aliphatic heterocycles. The van der Waals surface area contributed by atoms with Gasteiger partial charge in [0.05, 0.1) is 0 Å². The first kappa shape index (κ1) is 16.2. The highest BCUT2D eigenvalue weighted by Gasteiger charge is 1.94. The Balaban J connectivity index is 0.00000256. The SMILES string of the molecule is CCCCN=C(N)Nc1ccc(CC)cc1.I. The quantitative estimate of drug-likeness (QED) is 0.371. The van der Waals surface area contributed by atoms with Gasteiger partial charge in [-0.25, -0.2) is 0 Å². The van der Waals surface area contributed by atoms with Gasteiger partial charge in [0, 0.05) is 12.2 Å². The molecule has 0 aliphatic rings. The molecule has 0 fully saturated rings. The molecule has 0 saturated heterocycles. The molecule has 0 heterocycles. The van der Waals surface area contributed by atoms with Crippen molar-refractivity contribution in [2.75, 3.05) is 11.9 Å². The van der Waals surface area contributed by atoms with Crippen molar-refractivity contribution in [3.63, 3.8) is 0 Å². The van der Waals surface area contributed by atoms with Crippen LogP contribution in [-0.4, -0.2) is 12.5 Å². The molecule has 0 saturated carbocycles. The summed E-state index contributed by atoms with van der Waals surface area (Å²) in [6.07, 6.45) is 3.28. The lowest BCUT2D eigenvalue weighted by Gasteiger charge is -2.06. The third kappa shape index (κ3) is 6.51. The number of rotatable bonds is 5. The van der Waals surface area contributed by atoms with Gasteiger partial charge < -0.3 is 11.1 Å². The molecule has 96 valence electrons. The first-order valence-electron chi connectivity index (χ1n) is 5.92. The van der Waals surface area contributed by atoms with Gasteiger partial charge in [-0.1, -0.05) is 32.4 Å². The van der Waals surface area contributed by atoms with Crippen molar-refractivity contribution in [1.29, 1.82) is 0 Å². The van der Waals surface area contributed by atoms with Crippen LogP contribution >= 0.6 is 24.0 Å². The van der Waals surface area contributed by atoms with Crippen molar-refractivity contribution in [3.05, 3.63) is 29.8 Å². The summed E-state index contributed by atoms with van der Waals surface area (Å²) in [5, 5.41) is 3.08. The summed E-state index contributed by atoms with van der Waals surface area (Å²) in [6, 6.07) is 8.26. The Labute approximate surface area is 121 Å². The normalized spacial score (nSPS) is 10.8. The van der Waals surface area contributed by atoms with Crippen LogP contribution in [0.15, 0.2) is 29.3 Å². The van der Waals surface area contributed by atoms with Gasteiger partial charge in [0.2, 0.25) is 0 Å². The molecule has 4 heteroatoms. The molecule has 0 unspecified atom stereocenters. The van der Waals surface area contributed by atoms with E-state index in [2.05, 4.69) is 36.3 Å². The molecular weight excluding hydrogens is 325 g/mol. The zero-order valence-electron chi connectivity index (χ0n) is 10.6. The number of anilines is 1. The molecule has 0 aromatic heterocycles. The largest absolute Gasteiger partial charge is 0.370 e. The van der Waals surface area contributed by atoms with E-state index in [0.29, 0.717) is 5.96 Å². The number of benzene rings is 1. The Kier molecular flexibility index (Phi) is 8.85. The first-order chi connectivity index (χ1) is 7.76. The number of hydrogen-bond acceptors (Lipinski definition) is 1. The van der Waals surface area contributed by atoms with Crippen molar-refractivity contribution in [3.8, 4) is 0 Å². The molecule has 17 heavy (non-hydrogen) atoms. The molecule has 0 atom stereocenters. The van der Waals surface area contributed by atoms with E-state index >= 15 is 0 Å². The Morgan fingerprint density at radius 2 is 1.88 bits per heavy atom. The second-order valence-corrected chi connectivity index (χ2v) is 3.80. The molecule has 3 N–H and O–H groups in total. The number of unbranched alkanes of at least 4 members (excludes halogenated alkanes) is 1. The van der Waals surface area contributed by atoms with Gasteiger partial charge in [-0.2, -0.15) is 0 Å². The summed E-state index contributed by atoms with van der Waals surface area (Å²) in [6.45, 7) is 5.08. The van der Waals surface area contributed by atoms with Crippen LogP contribution in [0, 0.1) is 0 Å². The molecule has 0 spiro atoms. The molecular formula is C13H22IN3. The van der Waals surface area contributed by atoms with Gasteiger partial charge in [0.1, 0.15) is 0 Å². The third-order valence-electron chi connectivity index (χ3n) is 2.43. The van der Waals surface area contributed by atoms with Crippen LogP contribution in [-0.2, 0) is 6.42 Å². The number of nitrogens with two attached hydrogens (primary N) is 1. The number of hydrogen-bond donors (Lipinski definition) is 2. The minimum Gasteiger partial charge on any atom is -0.370 e. The number of aliphatic imine (C=N–C) groups is 1. The molecule has 0 aliphatic carbocycles. The maximum atomic E-state index is 5.76. The Bertz CT molecular complexity index is 333. The van der Waals surface area contributed by atoms with Crippen molar-refractivity contribution in [2.45, 2.75) is 33.1 Å². The second kappa shape index (κ2) is 9.27. The predicted octanol–water partition coefficient (Wildman–Crippen LogP) is 3.39. The van der Waals surface area contributed by atoms with E-state index in [1.807, 2.05) is 12.1 Å². The zero-order chi connectivity index (χ0) is 11.8. The van der Waals surface area contributed by atoms with E-state index in [0.717, 1.165) is 31.5 Å². The third-order valence-corrected chi connectivity index (χ3v) is 2.43. The Hall–Kier alpha value is -0.780. The highest BCUT2D eigenvalue weighted by molar-refractivity contribution is 14.0. The summed E-state index contributed by atoms with van der Waals surface area (Å²) < 4.78 is 0. The lowest BCUT2D eigenvalue weighted by atomic mass is 10.1. The minimum absolute atomic E-state index is 0. The average molecular weight is 347 g/mol. The number of nitrogens with one attached hydrogen (secondary N) is 1. The molecule has 0 radical (unpaired) electrons. The van der Waals surface area contributed by atoms with Crippen LogP contribution in [0.2, 0.25) is 0 Å². The first-order valence-corrected chi connectivity index (χ1v) is 5.92. The average Bonchev–Trinajstić information content (AvgIpc) is 2.30. The van der Waals surface area contributed by atoms with Crippen LogP contribution in [0.1, 0.15) is 32.3 Å². The molecule has 0 bridgehead atoms. The van der Waals surface area contributed by atoms with Crippen LogP contribution in [0.4, 0.5) is 5.69 Å². The summed E-state index contributed by atoms with van der Waals surface area (Å²) in [5.41, 5.74) is 8.08. The Morgan fingerprint density at radius 3 is 2.41 bits per heavy atom. The van der Waals surface area contributed by atoms with Crippen LogP contribution in [0.5, 0.6) is 0 Å². The summed E-state index contributed by atoms with van der Waals surface area (Å²) in [4.78, 5) is 4.24. The second-order valence-electron chi connectivity index (χ2n) is 3.80. The number of aryl methyl sites for hydroxylation is 1. The van der Waals surface area contributed by atoms with Crippen molar-refractivity contribution < 1.29 is 0 Å². The fraction of sp³-hybridized carbons (Fsp3) is 0.462. The van der Waals surface area contributed by atoms with E-state index in [9.17, 15) is 0 Å². The molecule has 1 aromatic carbocycles. The summed E-state index contributed by atoms with van der Waals surface area (Å²) >= 11 is 0. The molecule has 1 rings (SSSR count). The van der Waals surface area contributed by atoms with Gasteiger partial charge in [-0.3, -0.25) is 4.99 Å². The van der Waals surface area contributed by atoms with Gasteiger partial charge in [0.25, 0.3) is 0 Å². The number of halogens is 1. The summed E-state index contributed by atoms with van der Waals surface area (Å²) in [7, 11) is 0. The van der Waals surface area contributed by atoms with E-state index in [4.69, 9.17) is 5.73 Å². The smallest absolute Gasteiger partial charge is 0.193 e. The fourth-order valence-corrected chi connectivity index (χ4v) is 1.37. The van der Waals surface area contributed by atoms with Crippen molar-refractivity contribution in [1.82, 2.24) is 0 Å². The Morgan fingerprint density at radius 1 is 1.24 bits per heavy atom. The highest BCUT2D eigenvalue weighted by atomic mass is 127. The minimum atomic E-state index is 0. The maximum absolute atomic E-state index is 5.76. The summed E-state index contributed by atoms with van der Waals surface area (Å²) in [5.74, 6) is 0.498. The number of nitrogens with zero attached hydrogens (tertiary/aromatic N) is 1. The van der Waals surface area contributed by atoms with Gasteiger partial charge in [-0.15, -0.1) is 24.0 Å². The lowest BCUT2D eigenvalue weighted by Crippen LogP contribution is -2.22. The van der Waals surface area contributed by atoms with Gasteiger partial charge >= 0.3 is 0 Å². The topological polar surface area (TPSA) is 50.4 Å². The van der Waals surface area contributed by atoms with Crippen LogP contribution in [0.25, 0.3) is 0 Å². The van der Waals surface area contributed by atoms with Crippen molar-refractivity contribution >= 4 is 35.6 Å². The molecule has 3 nitrogen and oxygen atoms in total. The van der Waals surface area contributed by atoms with Crippen LogP contribution < -0.4 is 11.1 Å². The maximum Gasteiger partial charge on any atom is 0.193 e. The molecule has 0 amide bonds. The lowest BCUT2D eigenvalue weighted by molar-refractivity contribution is 0.807. The van der Waals surface area contributed by atoms with E-state index in [1.54, 1.807) is 0 Å². The van der Waals surface area contributed by atoms with E-state index in [1.165, 1.54) is 5.56 Å². The highest BCUT2D eigenvalue weighted by Crippen LogP contribution is 2.09. The molecule has 1 aromatic rings. The standard InChI is InChI=1S/C13H21N3.HI/c1-3-5-10-15-13(14)16-12-8-6-11(4-2)7-9-12;/h6-9H,3-5,10H2,1-2H3,(H3,14,15,16);1H. The van der Waals surface area contributed by atoms with Crippen LogP contribution in [0.3, 0.4) is 0 Å².